The molecule has 1 aliphatic carbocycles. The molecule has 3 nitrogen and oxygen atoms in total. The van der Waals surface area contributed by atoms with Crippen LogP contribution in [0.1, 0.15) is 26.7 Å². The summed E-state index contributed by atoms with van der Waals surface area (Å²) in [4.78, 5) is 32.8. The number of rotatable bonds is 1. The van der Waals surface area contributed by atoms with E-state index in [0.29, 0.717) is 12.7 Å². The van der Waals surface area contributed by atoms with Crippen molar-refractivity contribution in [1.82, 2.24) is 0 Å². The zero-order valence-corrected chi connectivity index (χ0v) is 7.29. The van der Waals surface area contributed by atoms with Gasteiger partial charge in [-0.3, -0.25) is 9.59 Å². The molecule has 0 N–H and O–H groups in total. The van der Waals surface area contributed by atoms with Crippen molar-refractivity contribution in [2.75, 3.05) is 0 Å². The van der Waals surface area contributed by atoms with E-state index in [2.05, 4.69) is 0 Å². The summed E-state index contributed by atoms with van der Waals surface area (Å²) in [5.41, 5.74) is -0.478. The fourth-order valence-corrected chi connectivity index (χ4v) is 1.68. The maximum absolute atomic E-state index is 11.2. The predicted molar refractivity (Wildman–Crippen MR) is 42.6 cm³/mol. The molecular formula is C9H12O3. The first-order valence-electron chi connectivity index (χ1n) is 3.97. The second kappa shape index (κ2) is 2.81. The molecule has 0 bridgehead atoms. The van der Waals surface area contributed by atoms with Gasteiger partial charge in [0.1, 0.15) is 12.1 Å². The van der Waals surface area contributed by atoms with Crippen LogP contribution in [0.4, 0.5) is 0 Å². The summed E-state index contributed by atoms with van der Waals surface area (Å²) in [6.45, 7) is 3.56. The summed E-state index contributed by atoms with van der Waals surface area (Å²) >= 11 is 0. The minimum absolute atomic E-state index is 0.0527. The predicted octanol–water partition coefficient (Wildman–Crippen LogP) is 0.760. The second-order valence-corrected chi connectivity index (χ2v) is 3.96. The van der Waals surface area contributed by atoms with Crippen molar-refractivity contribution < 1.29 is 14.4 Å². The van der Waals surface area contributed by atoms with Crippen molar-refractivity contribution in [3.63, 3.8) is 0 Å². The molecule has 1 fully saturated rings. The number of Topliss-reactive ketones (excluding diaryl/α,β-unsaturated/α-hetero) is 2. The van der Waals surface area contributed by atoms with E-state index in [4.69, 9.17) is 0 Å². The van der Waals surface area contributed by atoms with Gasteiger partial charge in [-0.15, -0.1) is 0 Å². The van der Waals surface area contributed by atoms with Crippen LogP contribution in [0, 0.1) is 11.3 Å². The highest BCUT2D eigenvalue weighted by Crippen LogP contribution is 2.35. The summed E-state index contributed by atoms with van der Waals surface area (Å²) in [5, 5.41) is 0. The summed E-state index contributed by atoms with van der Waals surface area (Å²) in [7, 11) is 0. The summed E-state index contributed by atoms with van der Waals surface area (Å²) < 4.78 is 0. The highest BCUT2D eigenvalue weighted by Gasteiger charge is 2.41. The molecule has 1 rings (SSSR count). The first-order chi connectivity index (χ1) is 5.47. The van der Waals surface area contributed by atoms with Crippen molar-refractivity contribution in [3.8, 4) is 0 Å². The molecule has 12 heavy (non-hydrogen) atoms. The van der Waals surface area contributed by atoms with Gasteiger partial charge in [-0.05, 0) is 5.41 Å². The van der Waals surface area contributed by atoms with Crippen molar-refractivity contribution in [2.45, 2.75) is 26.7 Å². The maximum Gasteiger partial charge on any atom is 0.150 e. The van der Waals surface area contributed by atoms with Crippen LogP contribution in [-0.4, -0.2) is 17.9 Å². The van der Waals surface area contributed by atoms with Gasteiger partial charge >= 0.3 is 0 Å². The average Bonchev–Trinajstić information content (AvgIpc) is 1.82. The minimum atomic E-state index is -0.588. The van der Waals surface area contributed by atoms with Gasteiger partial charge in [0, 0.05) is 6.42 Å². The van der Waals surface area contributed by atoms with Gasteiger partial charge in [-0.2, -0.15) is 0 Å². The molecule has 0 aromatic carbocycles. The van der Waals surface area contributed by atoms with E-state index in [1.165, 1.54) is 0 Å². The zero-order valence-electron chi connectivity index (χ0n) is 7.29. The fraction of sp³-hybridized carbons (Fsp3) is 0.667. The molecule has 3 heteroatoms. The zero-order chi connectivity index (χ0) is 9.35. The Balaban J connectivity index is 2.92. The van der Waals surface area contributed by atoms with E-state index in [1.807, 2.05) is 0 Å². The highest BCUT2D eigenvalue weighted by atomic mass is 16.2. The summed E-state index contributed by atoms with van der Waals surface area (Å²) in [5.74, 6) is -0.871. The van der Waals surface area contributed by atoms with E-state index in [0.717, 1.165) is 0 Å². The monoisotopic (exact) mass is 168 g/mol. The Bertz CT molecular complexity index is 240. The topological polar surface area (TPSA) is 51.2 Å². The molecule has 1 unspecified atom stereocenters. The molecule has 0 aromatic rings. The first-order valence-corrected chi connectivity index (χ1v) is 3.97. The summed E-state index contributed by atoms with van der Waals surface area (Å²) in [6, 6.07) is 0. The van der Waals surface area contributed by atoms with Crippen molar-refractivity contribution in [2.24, 2.45) is 11.3 Å². The largest absolute Gasteiger partial charge is 0.303 e. The number of aldehydes is 1. The Morgan fingerprint density at radius 2 is 2.00 bits per heavy atom. The standard InChI is InChI=1S/C9H12O3/c1-9(2)4-6(11)3-8(12)7(9)5-10/h5,7H,3-4H2,1-2H3. The SMILES string of the molecule is CC1(C)CC(=O)CC(=O)C1C=O. The van der Waals surface area contributed by atoms with Gasteiger partial charge in [-0.1, -0.05) is 13.8 Å². The smallest absolute Gasteiger partial charge is 0.150 e. The van der Waals surface area contributed by atoms with Gasteiger partial charge < -0.3 is 4.79 Å². The van der Waals surface area contributed by atoms with Gasteiger partial charge in [0.25, 0.3) is 0 Å². The highest BCUT2D eigenvalue weighted by molar-refractivity contribution is 6.08. The number of carbonyl (C=O) groups is 3. The first kappa shape index (κ1) is 9.10. The Labute approximate surface area is 71.1 Å². The summed E-state index contributed by atoms with van der Waals surface area (Å²) in [6.07, 6.45) is 0.934. The van der Waals surface area contributed by atoms with E-state index in [1.54, 1.807) is 13.8 Å². The van der Waals surface area contributed by atoms with Gasteiger partial charge in [0.15, 0.2) is 5.78 Å². The Hall–Kier alpha value is -0.990. The molecule has 1 aliphatic rings. The quantitative estimate of drug-likeness (QED) is 0.429. The van der Waals surface area contributed by atoms with Crippen LogP contribution in [0.2, 0.25) is 0 Å². The molecule has 0 spiro atoms. The van der Waals surface area contributed by atoms with E-state index in [-0.39, 0.29) is 18.0 Å². The van der Waals surface area contributed by atoms with Crippen LogP contribution in [0.25, 0.3) is 0 Å². The van der Waals surface area contributed by atoms with E-state index >= 15 is 0 Å². The number of ketones is 2. The maximum atomic E-state index is 11.2. The third kappa shape index (κ3) is 1.44. The average molecular weight is 168 g/mol. The number of hydrogen-bond acceptors (Lipinski definition) is 3. The Morgan fingerprint density at radius 1 is 1.42 bits per heavy atom. The van der Waals surface area contributed by atoms with Gasteiger partial charge in [0.2, 0.25) is 0 Å². The lowest BCUT2D eigenvalue weighted by Crippen LogP contribution is -2.40. The Kier molecular flexibility index (Phi) is 2.13. The van der Waals surface area contributed by atoms with Crippen LogP contribution in [0.3, 0.4) is 0 Å². The molecule has 0 saturated heterocycles. The second-order valence-electron chi connectivity index (χ2n) is 3.96. The lowest BCUT2D eigenvalue weighted by atomic mass is 9.68. The Morgan fingerprint density at radius 3 is 2.42 bits per heavy atom. The number of carbonyl (C=O) groups excluding carboxylic acids is 3. The molecule has 0 heterocycles. The van der Waals surface area contributed by atoms with Crippen LogP contribution in [0.15, 0.2) is 0 Å². The van der Waals surface area contributed by atoms with Crippen molar-refractivity contribution in [3.05, 3.63) is 0 Å². The third-order valence-corrected chi connectivity index (χ3v) is 2.35. The van der Waals surface area contributed by atoms with E-state index in [9.17, 15) is 14.4 Å². The molecule has 1 saturated carbocycles. The molecule has 0 aromatic heterocycles. The third-order valence-electron chi connectivity index (χ3n) is 2.35. The molecule has 0 amide bonds. The normalized spacial score (nSPS) is 28.7. The lowest BCUT2D eigenvalue weighted by Gasteiger charge is -2.32. The minimum Gasteiger partial charge on any atom is -0.303 e. The lowest BCUT2D eigenvalue weighted by molar-refractivity contribution is -0.140. The van der Waals surface area contributed by atoms with Crippen molar-refractivity contribution >= 4 is 17.9 Å². The van der Waals surface area contributed by atoms with Gasteiger partial charge in [-0.25, -0.2) is 0 Å². The van der Waals surface area contributed by atoms with Crippen LogP contribution in [-0.2, 0) is 14.4 Å². The molecule has 0 radical (unpaired) electrons. The molecule has 1 atom stereocenters. The van der Waals surface area contributed by atoms with Crippen LogP contribution >= 0.6 is 0 Å². The molecular weight excluding hydrogens is 156 g/mol. The number of hydrogen-bond donors (Lipinski definition) is 0. The van der Waals surface area contributed by atoms with Crippen LogP contribution < -0.4 is 0 Å². The molecule has 66 valence electrons. The van der Waals surface area contributed by atoms with Crippen LogP contribution in [0.5, 0.6) is 0 Å². The van der Waals surface area contributed by atoms with Crippen molar-refractivity contribution in [1.29, 1.82) is 0 Å². The van der Waals surface area contributed by atoms with Gasteiger partial charge in [0.05, 0.1) is 12.3 Å². The fourth-order valence-electron chi connectivity index (χ4n) is 1.68. The molecule has 0 aliphatic heterocycles. The van der Waals surface area contributed by atoms with E-state index < -0.39 is 11.3 Å².